The van der Waals surface area contributed by atoms with E-state index in [2.05, 4.69) is 41.1 Å². The van der Waals surface area contributed by atoms with Gasteiger partial charge in [-0.3, -0.25) is 4.90 Å². The second-order valence-corrected chi connectivity index (χ2v) is 6.14. The smallest absolute Gasteiger partial charge is 0.0348 e. The molecule has 0 N–H and O–H groups in total. The summed E-state index contributed by atoms with van der Waals surface area (Å²) in [6.45, 7) is 5.08. The zero-order chi connectivity index (χ0) is 13.1. The van der Waals surface area contributed by atoms with Crippen LogP contribution in [0.25, 0.3) is 0 Å². The minimum Gasteiger partial charge on any atom is -0.302 e. The number of likely N-dealkylation sites (tertiary alicyclic amines) is 1. The first kappa shape index (κ1) is 13.1. The number of hydrogen-bond donors (Lipinski definition) is 0. The van der Waals surface area contributed by atoms with Crippen LogP contribution >= 0.6 is 0 Å². The Labute approximate surface area is 117 Å². The van der Waals surface area contributed by atoms with Crippen molar-refractivity contribution >= 4 is 0 Å². The molecule has 1 saturated heterocycles. The van der Waals surface area contributed by atoms with Crippen molar-refractivity contribution in [1.82, 2.24) is 9.80 Å². The Hall–Kier alpha value is -0.860. The van der Waals surface area contributed by atoms with E-state index in [0.717, 1.165) is 0 Å². The molecule has 1 atom stereocenters. The number of aryl methyl sites for hydroxylation is 1. The zero-order valence-electron chi connectivity index (χ0n) is 12.1. The first-order valence-electron chi connectivity index (χ1n) is 7.85. The van der Waals surface area contributed by atoms with Gasteiger partial charge in [-0.15, -0.1) is 0 Å². The van der Waals surface area contributed by atoms with Gasteiger partial charge in [0.15, 0.2) is 0 Å². The molecule has 0 spiro atoms. The van der Waals surface area contributed by atoms with Crippen LogP contribution in [-0.2, 0) is 6.42 Å². The fourth-order valence-electron chi connectivity index (χ4n) is 3.65. The number of rotatable bonds is 4. The van der Waals surface area contributed by atoms with Crippen LogP contribution in [0.3, 0.4) is 0 Å². The fraction of sp³-hybridized carbons (Fsp3) is 0.647. The van der Waals surface area contributed by atoms with Crippen molar-refractivity contribution in [3.05, 3.63) is 35.4 Å². The quantitative estimate of drug-likeness (QED) is 0.819. The summed E-state index contributed by atoms with van der Waals surface area (Å²) in [6, 6.07) is 9.69. The molecule has 2 heteroatoms. The molecule has 1 aromatic carbocycles. The summed E-state index contributed by atoms with van der Waals surface area (Å²) in [5, 5.41) is 0. The summed E-state index contributed by atoms with van der Waals surface area (Å²) >= 11 is 0. The van der Waals surface area contributed by atoms with Crippen LogP contribution < -0.4 is 0 Å². The van der Waals surface area contributed by atoms with E-state index in [9.17, 15) is 0 Å². The second-order valence-electron chi connectivity index (χ2n) is 6.14. The van der Waals surface area contributed by atoms with Crippen molar-refractivity contribution in [1.29, 1.82) is 0 Å². The maximum atomic E-state index is 2.62. The molecule has 0 bridgehead atoms. The van der Waals surface area contributed by atoms with E-state index >= 15 is 0 Å². The van der Waals surface area contributed by atoms with Gasteiger partial charge in [-0.1, -0.05) is 24.3 Å². The molecule has 1 aromatic rings. The lowest BCUT2D eigenvalue weighted by Gasteiger charge is -2.34. The van der Waals surface area contributed by atoms with Crippen molar-refractivity contribution in [2.75, 3.05) is 33.2 Å². The Morgan fingerprint density at radius 3 is 2.79 bits per heavy atom. The largest absolute Gasteiger partial charge is 0.302 e. The number of benzene rings is 1. The van der Waals surface area contributed by atoms with Crippen molar-refractivity contribution in [2.24, 2.45) is 0 Å². The van der Waals surface area contributed by atoms with Crippen molar-refractivity contribution in [3.63, 3.8) is 0 Å². The lowest BCUT2D eigenvalue weighted by Crippen LogP contribution is -2.35. The van der Waals surface area contributed by atoms with Crippen molar-refractivity contribution < 1.29 is 0 Å². The Bertz CT molecular complexity index is 409. The Morgan fingerprint density at radius 2 is 1.95 bits per heavy atom. The maximum absolute atomic E-state index is 2.62. The SMILES string of the molecule is CN(CCN1CCCC1)C1CCCc2ccccc21. The maximum Gasteiger partial charge on any atom is 0.0348 e. The summed E-state index contributed by atoms with van der Waals surface area (Å²) in [5.41, 5.74) is 3.16. The molecule has 1 fully saturated rings. The molecule has 0 radical (unpaired) electrons. The van der Waals surface area contributed by atoms with E-state index in [4.69, 9.17) is 0 Å². The van der Waals surface area contributed by atoms with Gasteiger partial charge >= 0.3 is 0 Å². The summed E-state index contributed by atoms with van der Waals surface area (Å²) in [5.74, 6) is 0. The summed E-state index contributed by atoms with van der Waals surface area (Å²) < 4.78 is 0. The van der Waals surface area contributed by atoms with E-state index in [-0.39, 0.29) is 0 Å². The zero-order valence-corrected chi connectivity index (χ0v) is 12.1. The topological polar surface area (TPSA) is 6.48 Å². The molecular weight excluding hydrogens is 232 g/mol. The summed E-state index contributed by atoms with van der Waals surface area (Å²) in [4.78, 5) is 5.20. The standard InChI is InChI=1S/C17H26N2/c1-18(13-14-19-11-4-5-12-19)17-10-6-8-15-7-2-3-9-16(15)17/h2-3,7,9,17H,4-6,8,10-14H2,1H3. The highest BCUT2D eigenvalue weighted by Crippen LogP contribution is 2.33. The van der Waals surface area contributed by atoms with Crippen LogP contribution in [0.1, 0.15) is 42.9 Å². The third-order valence-corrected chi connectivity index (χ3v) is 4.84. The van der Waals surface area contributed by atoms with E-state index in [1.807, 2.05) is 0 Å². The molecule has 0 saturated carbocycles. The average molecular weight is 258 g/mol. The first-order chi connectivity index (χ1) is 9.34. The van der Waals surface area contributed by atoms with Gasteiger partial charge in [0.1, 0.15) is 0 Å². The van der Waals surface area contributed by atoms with Crippen LogP contribution in [-0.4, -0.2) is 43.0 Å². The van der Waals surface area contributed by atoms with Crippen LogP contribution in [0.2, 0.25) is 0 Å². The molecule has 2 aliphatic rings. The molecule has 1 aliphatic carbocycles. The molecule has 3 rings (SSSR count). The predicted molar refractivity (Wildman–Crippen MR) is 80.4 cm³/mol. The second kappa shape index (κ2) is 6.06. The van der Waals surface area contributed by atoms with Gasteiger partial charge in [-0.2, -0.15) is 0 Å². The van der Waals surface area contributed by atoms with Gasteiger partial charge in [0, 0.05) is 19.1 Å². The third-order valence-electron chi connectivity index (χ3n) is 4.84. The average Bonchev–Trinajstić information content (AvgIpc) is 2.97. The number of hydrogen-bond acceptors (Lipinski definition) is 2. The normalized spacial score (nSPS) is 23.8. The van der Waals surface area contributed by atoms with Crippen LogP contribution in [0.5, 0.6) is 0 Å². The number of nitrogens with zero attached hydrogens (tertiary/aromatic N) is 2. The van der Waals surface area contributed by atoms with E-state index < -0.39 is 0 Å². The monoisotopic (exact) mass is 258 g/mol. The van der Waals surface area contributed by atoms with Gasteiger partial charge in [-0.25, -0.2) is 0 Å². The predicted octanol–water partition coefficient (Wildman–Crippen LogP) is 3.09. The van der Waals surface area contributed by atoms with Gasteiger partial charge in [0.2, 0.25) is 0 Å². The Balaban J connectivity index is 1.62. The van der Waals surface area contributed by atoms with Gasteiger partial charge in [0.25, 0.3) is 0 Å². The number of likely N-dealkylation sites (N-methyl/N-ethyl adjacent to an activating group) is 1. The molecule has 1 unspecified atom stereocenters. The lowest BCUT2D eigenvalue weighted by molar-refractivity contribution is 0.190. The Morgan fingerprint density at radius 1 is 1.16 bits per heavy atom. The fourth-order valence-corrected chi connectivity index (χ4v) is 3.65. The molecule has 19 heavy (non-hydrogen) atoms. The van der Waals surface area contributed by atoms with Crippen LogP contribution in [0.15, 0.2) is 24.3 Å². The minimum absolute atomic E-state index is 0.646. The van der Waals surface area contributed by atoms with E-state index in [1.165, 1.54) is 58.3 Å². The Kier molecular flexibility index (Phi) is 4.19. The molecule has 2 nitrogen and oxygen atoms in total. The van der Waals surface area contributed by atoms with E-state index in [1.54, 1.807) is 11.1 Å². The van der Waals surface area contributed by atoms with E-state index in [0.29, 0.717) is 6.04 Å². The third kappa shape index (κ3) is 3.01. The van der Waals surface area contributed by atoms with Gasteiger partial charge in [0.05, 0.1) is 0 Å². The number of fused-ring (bicyclic) bond motifs is 1. The molecule has 0 aromatic heterocycles. The summed E-state index contributed by atoms with van der Waals surface area (Å²) in [7, 11) is 2.31. The lowest BCUT2D eigenvalue weighted by atomic mass is 9.87. The first-order valence-corrected chi connectivity index (χ1v) is 7.85. The van der Waals surface area contributed by atoms with Crippen LogP contribution in [0.4, 0.5) is 0 Å². The minimum atomic E-state index is 0.646. The molecule has 1 aliphatic heterocycles. The van der Waals surface area contributed by atoms with Crippen LogP contribution in [0, 0.1) is 0 Å². The molecular formula is C17H26N2. The molecule has 0 amide bonds. The van der Waals surface area contributed by atoms with Gasteiger partial charge < -0.3 is 4.90 Å². The molecule has 1 heterocycles. The highest BCUT2D eigenvalue weighted by Gasteiger charge is 2.23. The van der Waals surface area contributed by atoms with Crippen molar-refractivity contribution in [2.45, 2.75) is 38.1 Å². The van der Waals surface area contributed by atoms with Crippen molar-refractivity contribution in [3.8, 4) is 0 Å². The highest BCUT2D eigenvalue weighted by molar-refractivity contribution is 5.32. The highest BCUT2D eigenvalue weighted by atomic mass is 15.2. The molecule has 104 valence electrons. The van der Waals surface area contributed by atoms with Gasteiger partial charge in [-0.05, 0) is 63.4 Å². The summed E-state index contributed by atoms with van der Waals surface area (Å²) in [6.07, 6.45) is 6.74.